The van der Waals surface area contributed by atoms with Crippen molar-refractivity contribution in [1.29, 1.82) is 0 Å². The van der Waals surface area contributed by atoms with Crippen molar-refractivity contribution < 1.29 is 0 Å². The van der Waals surface area contributed by atoms with Crippen LogP contribution in [0.5, 0.6) is 0 Å². The zero-order valence-electron chi connectivity index (χ0n) is 12.7. The maximum atomic E-state index is 5.85. The molecule has 1 aromatic heterocycles. The van der Waals surface area contributed by atoms with Crippen LogP contribution in [0.15, 0.2) is 12.1 Å². The third-order valence-electron chi connectivity index (χ3n) is 4.39. The van der Waals surface area contributed by atoms with Crippen LogP contribution in [-0.4, -0.2) is 18.1 Å². The van der Waals surface area contributed by atoms with Crippen molar-refractivity contribution in [3.05, 3.63) is 17.8 Å². The first-order valence-corrected chi connectivity index (χ1v) is 7.36. The Morgan fingerprint density at radius 3 is 2.58 bits per heavy atom. The van der Waals surface area contributed by atoms with E-state index in [0.717, 1.165) is 36.2 Å². The van der Waals surface area contributed by atoms with Gasteiger partial charge in [-0.25, -0.2) is 4.98 Å². The number of hydrogen-bond acceptors (Lipinski definition) is 3. The molecule has 2 rings (SSSR count). The van der Waals surface area contributed by atoms with E-state index in [4.69, 9.17) is 5.73 Å². The van der Waals surface area contributed by atoms with Crippen LogP contribution in [0.3, 0.4) is 0 Å². The van der Waals surface area contributed by atoms with E-state index in [0.29, 0.717) is 5.41 Å². The Hall–Kier alpha value is -1.25. The molecule has 0 radical (unpaired) electrons. The van der Waals surface area contributed by atoms with Crippen molar-refractivity contribution in [1.82, 2.24) is 4.98 Å². The average Bonchev–Trinajstić information content (AvgIpc) is 2.57. The molecular weight excluding hydrogens is 234 g/mol. The molecule has 1 aliphatic rings. The van der Waals surface area contributed by atoms with Crippen LogP contribution in [0.2, 0.25) is 0 Å². The molecule has 1 unspecified atom stereocenters. The number of aromatic nitrogens is 1. The highest BCUT2D eigenvalue weighted by molar-refractivity contribution is 5.50. The number of aryl methyl sites for hydroxylation is 1. The predicted molar refractivity (Wildman–Crippen MR) is 82.4 cm³/mol. The number of nitrogens with zero attached hydrogens (tertiary/aromatic N) is 2. The minimum atomic E-state index is 0.417. The van der Waals surface area contributed by atoms with Gasteiger partial charge in [0.25, 0.3) is 0 Å². The smallest absolute Gasteiger partial charge is 0.128 e. The van der Waals surface area contributed by atoms with Crippen molar-refractivity contribution in [3.8, 4) is 0 Å². The SMILES string of the molecule is Cc1nc(N2CCCC(C(C)(C)C)CC2)ccc1N. The van der Waals surface area contributed by atoms with Gasteiger partial charge in [-0.3, -0.25) is 0 Å². The molecule has 0 spiro atoms. The van der Waals surface area contributed by atoms with Crippen LogP contribution >= 0.6 is 0 Å². The quantitative estimate of drug-likeness (QED) is 0.839. The Morgan fingerprint density at radius 1 is 1.21 bits per heavy atom. The molecule has 3 heteroatoms. The van der Waals surface area contributed by atoms with Crippen LogP contribution in [0.4, 0.5) is 11.5 Å². The van der Waals surface area contributed by atoms with Crippen molar-refractivity contribution >= 4 is 11.5 Å². The van der Waals surface area contributed by atoms with E-state index in [-0.39, 0.29) is 0 Å². The summed E-state index contributed by atoms with van der Waals surface area (Å²) >= 11 is 0. The Bertz CT molecular complexity index is 434. The molecule has 0 amide bonds. The minimum Gasteiger partial charge on any atom is -0.397 e. The van der Waals surface area contributed by atoms with Crippen molar-refractivity contribution in [2.75, 3.05) is 23.7 Å². The Balaban J connectivity index is 2.08. The number of rotatable bonds is 1. The lowest BCUT2D eigenvalue weighted by Crippen LogP contribution is -2.27. The lowest BCUT2D eigenvalue weighted by Gasteiger charge is -2.30. The fourth-order valence-corrected chi connectivity index (χ4v) is 2.93. The van der Waals surface area contributed by atoms with E-state index in [9.17, 15) is 0 Å². The fraction of sp³-hybridized carbons (Fsp3) is 0.688. The molecule has 1 atom stereocenters. The molecule has 0 aliphatic carbocycles. The molecule has 3 nitrogen and oxygen atoms in total. The van der Waals surface area contributed by atoms with Gasteiger partial charge in [0.05, 0.1) is 11.4 Å². The standard InChI is InChI=1S/C16H27N3/c1-12-14(17)7-8-15(18-12)19-10-5-6-13(9-11-19)16(2,3)4/h7-8,13H,5-6,9-11,17H2,1-4H3. The highest BCUT2D eigenvalue weighted by atomic mass is 15.2. The number of nitrogen functional groups attached to an aromatic ring is 1. The first-order chi connectivity index (χ1) is 8.88. The lowest BCUT2D eigenvalue weighted by atomic mass is 9.77. The molecule has 0 bridgehead atoms. The maximum Gasteiger partial charge on any atom is 0.128 e. The monoisotopic (exact) mass is 261 g/mol. The van der Waals surface area contributed by atoms with Gasteiger partial charge in [0, 0.05) is 13.1 Å². The van der Waals surface area contributed by atoms with E-state index in [2.05, 4.69) is 36.7 Å². The number of nitrogens with two attached hydrogens (primary N) is 1. The number of hydrogen-bond donors (Lipinski definition) is 1. The van der Waals surface area contributed by atoms with Crippen LogP contribution in [0.25, 0.3) is 0 Å². The molecule has 2 heterocycles. The van der Waals surface area contributed by atoms with Gasteiger partial charge in [-0.05, 0) is 49.7 Å². The molecule has 2 N–H and O–H groups in total. The van der Waals surface area contributed by atoms with E-state index in [1.807, 2.05) is 13.0 Å². The summed E-state index contributed by atoms with van der Waals surface area (Å²) in [6.45, 7) is 11.3. The zero-order valence-corrected chi connectivity index (χ0v) is 12.7. The first-order valence-electron chi connectivity index (χ1n) is 7.36. The molecule has 1 saturated heterocycles. The Morgan fingerprint density at radius 2 is 1.95 bits per heavy atom. The summed E-state index contributed by atoms with van der Waals surface area (Å²) in [6.07, 6.45) is 3.84. The van der Waals surface area contributed by atoms with E-state index in [1.54, 1.807) is 0 Å². The molecular formula is C16H27N3. The second kappa shape index (κ2) is 5.40. The van der Waals surface area contributed by atoms with Gasteiger partial charge < -0.3 is 10.6 Å². The van der Waals surface area contributed by atoms with Crippen LogP contribution in [0, 0.1) is 18.3 Å². The summed E-state index contributed by atoms with van der Waals surface area (Å²) in [5, 5.41) is 0. The van der Waals surface area contributed by atoms with Crippen molar-refractivity contribution in [2.45, 2.75) is 47.0 Å². The van der Waals surface area contributed by atoms with Gasteiger partial charge in [0.2, 0.25) is 0 Å². The third kappa shape index (κ3) is 3.40. The van der Waals surface area contributed by atoms with Crippen molar-refractivity contribution in [3.63, 3.8) is 0 Å². The van der Waals surface area contributed by atoms with E-state index >= 15 is 0 Å². The molecule has 1 fully saturated rings. The summed E-state index contributed by atoms with van der Waals surface area (Å²) in [6, 6.07) is 4.03. The van der Waals surface area contributed by atoms with Crippen LogP contribution < -0.4 is 10.6 Å². The van der Waals surface area contributed by atoms with Gasteiger partial charge in [-0.2, -0.15) is 0 Å². The normalized spacial score (nSPS) is 21.3. The summed E-state index contributed by atoms with van der Waals surface area (Å²) in [5.41, 5.74) is 7.99. The minimum absolute atomic E-state index is 0.417. The lowest BCUT2D eigenvalue weighted by molar-refractivity contribution is 0.220. The van der Waals surface area contributed by atoms with E-state index < -0.39 is 0 Å². The van der Waals surface area contributed by atoms with Crippen molar-refractivity contribution in [2.24, 2.45) is 11.3 Å². The van der Waals surface area contributed by atoms with Gasteiger partial charge in [0.15, 0.2) is 0 Å². The van der Waals surface area contributed by atoms with Gasteiger partial charge in [-0.1, -0.05) is 20.8 Å². The van der Waals surface area contributed by atoms with E-state index in [1.165, 1.54) is 19.3 Å². The zero-order chi connectivity index (χ0) is 14.0. The highest BCUT2D eigenvalue weighted by Crippen LogP contribution is 2.35. The second-order valence-electron chi connectivity index (χ2n) is 6.82. The Labute approximate surface area is 117 Å². The second-order valence-corrected chi connectivity index (χ2v) is 6.82. The largest absolute Gasteiger partial charge is 0.397 e. The van der Waals surface area contributed by atoms with Crippen LogP contribution in [0.1, 0.15) is 45.7 Å². The van der Waals surface area contributed by atoms with Gasteiger partial charge in [-0.15, -0.1) is 0 Å². The fourth-order valence-electron chi connectivity index (χ4n) is 2.93. The maximum absolute atomic E-state index is 5.85. The molecule has 0 saturated carbocycles. The highest BCUT2D eigenvalue weighted by Gasteiger charge is 2.27. The summed E-state index contributed by atoms with van der Waals surface area (Å²) < 4.78 is 0. The van der Waals surface area contributed by atoms with Gasteiger partial charge >= 0.3 is 0 Å². The average molecular weight is 261 g/mol. The predicted octanol–water partition coefficient (Wildman–Crippen LogP) is 3.62. The summed E-state index contributed by atoms with van der Waals surface area (Å²) in [5.74, 6) is 1.90. The topological polar surface area (TPSA) is 42.2 Å². The first kappa shape index (κ1) is 14.2. The summed E-state index contributed by atoms with van der Waals surface area (Å²) in [4.78, 5) is 7.04. The molecule has 1 aliphatic heterocycles. The molecule has 19 heavy (non-hydrogen) atoms. The molecule has 0 aromatic carbocycles. The summed E-state index contributed by atoms with van der Waals surface area (Å²) in [7, 11) is 0. The Kier molecular flexibility index (Phi) is 4.02. The van der Waals surface area contributed by atoms with Crippen LogP contribution in [-0.2, 0) is 0 Å². The molecule has 1 aromatic rings. The molecule has 106 valence electrons. The number of pyridine rings is 1. The van der Waals surface area contributed by atoms with Gasteiger partial charge in [0.1, 0.15) is 5.82 Å². The number of anilines is 2. The third-order valence-corrected chi connectivity index (χ3v) is 4.39.